The van der Waals surface area contributed by atoms with Crippen molar-refractivity contribution in [3.8, 4) is 0 Å². The van der Waals surface area contributed by atoms with Gasteiger partial charge in [-0.3, -0.25) is 18.7 Å². The lowest BCUT2D eigenvalue weighted by Gasteiger charge is -2.21. The SMILES string of the molecule is Cn1c(=O)c(C(=O)CSc2nnnn2C2CCCCC2)c(N)n(Cc2ccccc2)c1=O. The van der Waals surface area contributed by atoms with E-state index >= 15 is 0 Å². The van der Waals surface area contributed by atoms with Crippen LogP contribution in [0.4, 0.5) is 5.82 Å². The van der Waals surface area contributed by atoms with E-state index in [2.05, 4.69) is 15.5 Å². The summed E-state index contributed by atoms with van der Waals surface area (Å²) in [6, 6.07) is 9.47. The maximum atomic E-state index is 13.0. The van der Waals surface area contributed by atoms with E-state index in [0.29, 0.717) is 5.16 Å². The van der Waals surface area contributed by atoms with E-state index in [1.54, 1.807) is 4.68 Å². The van der Waals surface area contributed by atoms with Crippen LogP contribution in [-0.4, -0.2) is 40.9 Å². The van der Waals surface area contributed by atoms with Gasteiger partial charge in [0.25, 0.3) is 5.56 Å². The zero-order chi connectivity index (χ0) is 22.7. The van der Waals surface area contributed by atoms with Gasteiger partial charge in [-0.25, -0.2) is 9.48 Å². The maximum absolute atomic E-state index is 13.0. The molecule has 1 aromatic carbocycles. The Bertz CT molecular complexity index is 1230. The summed E-state index contributed by atoms with van der Waals surface area (Å²) in [5.41, 5.74) is 5.55. The molecule has 1 aliphatic carbocycles. The zero-order valence-corrected chi connectivity index (χ0v) is 18.6. The molecule has 3 aromatic rings. The number of nitrogens with two attached hydrogens (primary N) is 1. The fourth-order valence-electron chi connectivity index (χ4n) is 4.00. The first-order valence-electron chi connectivity index (χ1n) is 10.5. The summed E-state index contributed by atoms with van der Waals surface area (Å²) in [6.45, 7) is 0.160. The first-order valence-corrected chi connectivity index (χ1v) is 11.5. The van der Waals surface area contributed by atoms with Crippen molar-refractivity contribution in [2.75, 3.05) is 11.5 Å². The molecule has 1 fully saturated rings. The van der Waals surface area contributed by atoms with Gasteiger partial charge in [0, 0.05) is 7.05 Å². The second-order valence-corrected chi connectivity index (χ2v) is 8.83. The lowest BCUT2D eigenvalue weighted by Crippen LogP contribution is -2.43. The Morgan fingerprint density at radius 2 is 1.88 bits per heavy atom. The number of Topliss-reactive ketones (excluding diaryl/α,β-unsaturated/α-hetero) is 1. The number of anilines is 1. The molecule has 0 unspecified atom stereocenters. The van der Waals surface area contributed by atoms with Gasteiger partial charge in [0.05, 0.1) is 18.3 Å². The maximum Gasteiger partial charge on any atom is 0.332 e. The van der Waals surface area contributed by atoms with Crippen LogP contribution in [0.1, 0.15) is 54.1 Å². The summed E-state index contributed by atoms with van der Waals surface area (Å²) >= 11 is 1.17. The summed E-state index contributed by atoms with van der Waals surface area (Å²) in [4.78, 5) is 38.4. The number of ketones is 1. The monoisotopic (exact) mass is 455 g/mol. The van der Waals surface area contributed by atoms with Crippen molar-refractivity contribution in [3.05, 3.63) is 62.3 Å². The highest BCUT2D eigenvalue weighted by Gasteiger charge is 2.24. The quantitative estimate of drug-likeness (QED) is 0.420. The van der Waals surface area contributed by atoms with Crippen LogP contribution in [0.5, 0.6) is 0 Å². The molecule has 0 saturated heterocycles. The molecule has 11 heteroatoms. The minimum atomic E-state index is -0.700. The molecular weight excluding hydrogens is 430 g/mol. The van der Waals surface area contributed by atoms with Gasteiger partial charge in [-0.05, 0) is 28.8 Å². The van der Waals surface area contributed by atoms with E-state index < -0.39 is 17.0 Å². The van der Waals surface area contributed by atoms with Crippen LogP contribution < -0.4 is 17.0 Å². The molecule has 2 heterocycles. The summed E-state index contributed by atoms with van der Waals surface area (Å²) < 4.78 is 3.94. The van der Waals surface area contributed by atoms with Gasteiger partial charge >= 0.3 is 5.69 Å². The van der Waals surface area contributed by atoms with E-state index in [1.165, 1.54) is 29.8 Å². The zero-order valence-electron chi connectivity index (χ0n) is 17.8. The van der Waals surface area contributed by atoms with Gasteiger partial charge in [-0.15, -0.1) is 5.10 Å². The average molecular weight is 456 g/mol. The number of aromatic nitrogens is 6. The Kier molecular flexibility index (Phi) is 6.54. The molecule has 0 aliphatic heterocycles. The lowest BCUT2D eigenvalue weighted by atomic mass is 9.96. The molecular formula is C21H25N7O3S. The number of nitrogens with zero attached hydrogens (tertiary/aromatic N) is 6. The predicted octanol–water partition coefficient (Wildman–Crippen LogP) is 1.64. The number of benzene rings is 1. The van der Waals surface area contributed by atoms with Crippen LogP contribution in [0.25, 0.3) is 0 Å². The van der Waals surface area contributed by atoms with Gasteiger partial charge < -0.3 is 5.73 Å². The average Bonchev–Trinajstić information content (AvgIpc) is 3.29. The van der Waals surface area contributed by atoms with Crippen molar-refractivity contribution in [1.82, 2.24) is 29.3 Å². The second-order valence-electron chi connectivity index (χ2n) is 7.89. The third-order valence-corrected chi connectivity index (χ3v) is 6.69. The Labute approximate surface area is 188 Å². The molecule has 2 N–H and O–H groups in total. The number of tetrazole rings is 1. The normalized spacial score (nSPS) is 14.5. The van der Waals surface area contributed by atoms with Crippen molar-refractivity contribution >= 4 is 23.4 Å². The Balaban J connectivity index is 1.58. The summed E-state index contributed by atoms with van der Waals surface area (Å²) in [7, 11) is 1.35. The fourth-order valence-corrected chi connectivity index (χ4v) is 4.82. The van der Waals surface area contributed by atoms with Gasteiger partial charge in [0.1, 0.15) is 11.4 Å². The predicted molar refractivity (Wildman–Crippen MR) is 121 cm³/mol. The first kappa shape index (κ1) is 22.0. The largest absolute Gasteiger partial charge is 0.384 e. The van der Waals surface area contributed by atoms with Gasteiger partial charge in [0.2, 0.25) is 5.16 Å². The highest BCUT2D eigenvalue weighted by molar-refractivity contribution is 7.99. The molecule has 32 heavy (non-hydrogen) atoms. The highest BCUT2D eigenvalue weighted by Crippen LogP contribution is 2.30. The van der Waals surface area contributed by atoms with Crippen molar-refractivity contribution < 1.29 is 4.79 Å². The van der Waals surface area contributed by atoms with Gasteiger partial charge in [-0.2, -0.15) is 0 Å². The number of thioether (sulfide) groups is 1. The van der Waals surface area contributed by atoms with E-state index in [9.17, 15) is 14.4 Å². The molecule has 0 bridgehead atoms. The topological polar surface area (TPSA) is 131 Å². The lowest BCUT2D eigenvalue weighted by molar-refractivity contribution is 0.102. The van der Waals surface area contributed by atoms with Crippen molar-refractivity contribution in [1.29, 1.82) is 0 Å². The smallest absolute Gasteiger partial charge is 0.332 e. The number of carbonyl (C=O) groups excluding carboxylic acids is 1. The fraction of sp³-hybridized carbons (Fsp3) is 0.429. The Hall–Kier alpha value is -3.21. The first-order chi connectivity index (χ1) is 15.5. The molecule has 0 spiro atoms. The molecule has 2 aromatic heterocycles. The number of rotatable bonds is 7. The van der Waals surface area contributed by atoms with E-state index in [-0.39, 0.29) is 29.7 Å². The van der Waals surface area contributed by atoms with Crippen molar-refractivity contribution in [3.63, 3.8) is 0 Å². The van der Waals surface area contributed by atoms with Crippen LogP contribution in [0, 0.1) is 0 Å². The second kappa shape index (κ2) is 9.51. The summed E-state index contributed by atoms with van der Waals surface area (Å²) in [6.07, 6.45) is 5.47. The summed E-state index contributed by atoms with van der Waals surface area (Å²) in [5.74, 6) is -0.650. The summed E-state index contributed by atoms with van der Waals surface area (Å²) in [5, 5.41) is 12.5. The highest BCUT2D eigenvalue weighted by atomic mass is 32.2. The van der Waals surface area contributed by atoms with Crippen molar-refractivity contribution in [2.24, 2.45) is 7.05 Å². The Morgan fingerprint density at radius 1 is 1.16 bits per heavy atom. The van der Waals surface area contributed by atoms with E-state index in [4.69, 9.17) is 5.73 Å². The third kappa shape index (κ3) is 4.38. The van der Waals surface area contributed by atoms with Crippen LogP contribution in [-0.2, 0) is 13.6 Å². The molecule has 4 rings (SSSR count). The molecule has 1 aliphatic rings. The van der Waals surface area contributed by atoms with Crippen LogP contribution in [0.15, 0.2) is 45.1 Å². The molecule has 0 atom stereocenters. The van der Waals surface area contributed by atoms with E-state index in [0.717, 1.165) is 35.8 Å². The molecule has 0 radical (unpaired) electrons. The molecule has 0 amide bonds. The number of hydrogen-bond donors (Lipinski definition) is 1. The number of carbonyl (C=O) groups is 1. The third-order valence-electron chi connectivity index (χ3n) is 5.76. The minimum Gasteiger partial charge on any atom is -0.384 e. The van der Waals surface area contributed by atoms with Crippen molar-refractivity contribution in [2.45, 2.75) is 49.8 Å². The van der Waals surface area contributed by atoms with Gasteiger partial charge in [-0.1, -0.05) is 61.4 Å². The Morgan fingerprint density at radius 3 is 2.59 bits per heavy atom. The standard InChI is InChI=1S/C21H25N7O3S/c1-26-19(30)17(18(22)27(21(26)31)12-14-8-4-2-5-9-14)16(29)13-32-20-23-24-25-28(20)15-10-6-3-7-11-15/h2,4-5,8-9,15H,3,6-7,10-13,22H2,1H3. The van der Waals surface area contributed by atoms with Crippen LogP contribution in [0.3, 0.4) is 0 Å². The number of nitrogen functional groups attached to an aromatic ring is 1. The minimum absolute atomic E-state index is 0.0595. The van der Waals surface area contributed by atoms with Crippen LogP contribution >= 0.6 is 11.8 Å². The molecule has 1 saturated carbocycles. The van der Waals surface area contributed by atoms with E-state index in [1.807, 2.05) is 30.3 Å². The number of hydrogen-bond acceptors (Lipinski definition) is 8. The molecule has 10 nitrogen and oxygen atoms in total. The van der Waals surface area contributed by atoms with Crippen LogP contribution in [0.2, 0.25) is 0 Å². The van der Waals surface area contributed by atoms with Gasteiger partial charge in [0.15, 0.2) is 5.78 Å². The molecule has 168 valence electrons.